The highest BCUT2D eigenvalue weighted by Gasteiger charge is 2.38. The molecule has 1 aliphatic heterocycles. The summed E-state index contributed by atoms with van der Waals surface area (Å²) in [6, 6.07) is 11.5. The summed E-state index contributed by atoms with van der Waals surface area (Å²) < 4.78 is 0. The number of piperazine rings is 1. The first-order chi connectivity index (χ1) is 13.7. The van der Waals surface area contributed by atoms with E-state index in [0.717, 1.165) is 25.6 Å². The van der Waals surface area contributed by atoms with Crippen molar-refractivity contribution < 1.29 is 0 Å². The summed E-state index contributed by atoms with van der Waals surface area (Å²) in [4.78, 5) is 10.1. The second-order valence-corrected chi connectivity index (χ2v) is 8.40. The summed E-state index contributed by atoms with van der Waals surface area (Å²) in [5, 5.41) is 7.04. The highest BCUT2D eigenvalue weighted by atomic mass is 127. The van der Waals surface area contributed by atoms with Crippen LogP contribution < -0.4 is 10.6 Å². The third kappa shape index (κ3) is 6.56. The number of nitrogens with zero attached hydrogens (tertiary/aromatic N) is 3. The Balaban J connectivity index is 0.00000300. The lowest BCUT2D eigenvalue weighted by Gasteiger charge is -2.41. The van der Waals surface area contributed by atoms with E-state index in [-0.39, 0.29) is 29.4 Å². The van der Waals surface area contributed by atoms with E-state index in [2.05, 4.69) is 71.5 Å². The molecule has 3 rings (SSSR count). The maximum Gasteiger partial charge on any atom is 0.191 e. The zero-order valence-corrected chi connectivity index (χ0v) is 20.8. The molecule has 0 spiro atoms. The third-order valence-corrected chi connectivity index (χ3v) is 6.62. The molecule has 6 heteroatoms. The van der Waals surface area contributed by atoms with Crippen LogP contribution in [0.15, 0.2) is 35.3 Å². The normalized spacial score (nSPS) is 21.0. The molecule has 1 aromatic carbocycles. The molecule has 2 fully saturated rings. The van der Waals surface area contributed by atoms with Gasteiger partial charge in [0.1, 0.15) is 0 Å². The maximum atomic E-state index is 4.99. The first-order valence-electron chi connectivity index (χ1n) is 11.2. The molecule has 1 heterocycles. The van der Waals surface area contributed by atoms with E-state index in [4.69, 9.17) is 4.99 Å². The molecule has 1 saturated carbocycles. The minimum absolute atomic E-state index is 0. The van der Waals surface area contributed by atoms with Gasteiger partial charge in [-0.05, 0) is 38.8 Å². The van der Waals surface area contributed by atoms with Gasteiger partial charge < -0.3 is 15.5 Å². The quantitative estimate of drug-likeness (QED) is 0.318. The molecule has 2 aliphatic rings. The Morgan fingerprint density at radius 1 is 1.07 bits per heavy atom. The van der Waals surface area contributed by atoms with Crippen molar-refractivity contribution in [3.63, 3.8) is 0 Å². The molecule has 0 amide bonds. The number of hydrogen-bond donors (Lipinski definition) is 2. The molecule has 1 atom stereocenters. The number of likely N-dealkylation sites (N-methyl/N-ethyl adjacent to an activating group) is 1. The molecule has 164 valence electrons. The second kappa shape index (κ2) is 12.1. The zero-order chi connectivity index (χ0) is 19.8. The van der Waals surface area contributed by atoms with Gasteiger partial charge in [0.15, 0.2) is 5.96 Å². The van der Waals surface area contributed by atoms with Crippen LogP contribution >= 0.6 is 24.0 Å². The molecule has 2 N–H and O–H groups in total. The average molecular weight is 514 g/mol. The highest BCUT2D eigenvalue weighted by molar-refractivity contribution is 14.0. The minimum atomic E-state index is 0. The van der Waals surface area contributed by atoms with Crippen LogP contribution in [-0.2, 0) is 5.41 Å². The molecule has 1 saturated heterocycles. The van der Waals surface area contributed by atoms with Crippen molar-refractivity contribution in [1.29, 1.82) is 0 Å². The van der Waals surface area contributed by atoms with Gasteiger partial charge in [0.05, 0.1) is 6.54 Å². The third-order valence-electron chi connectivity index (χ3n) is 6.62. The number of rotatable bonds is 8. The lowest BCUT2D eigenvalue weighted by molar-refractivity contribution is 0.107. The van der Waals surface area contributed by atoms with Gasteiger partial charge in [-0.15, -0.1) is 24.0 Å². The van der Waals surface area contributed by atoms with Crippen molar-refractivity contribution in [3.8, 4) is 0 Å². The van der Waals surface area contributed by atoms with Crippen LogP contribution in [-0.4, -0.2) is 74.2 Å². The standard InChI is InChI=1S/C23H39N5.HI/c1-4-24-22(25-18-20(3)28-16-14-27(5-2)15-17-28)26-19-23(12-9-13-23)21-10-7-6-8-11-21;/h6-8,10-11,20H,4-5,9,12-19H2,1-3H3,(H2,24,25,26);1H. The van der Waals surface area contributed by atoms with E-state index in [1.54, 1.807) is 0 Å². The summed E-state index contributed by atoms with van der Waals surface area (Å²) in [6.45, 7) is 15.3. The van der Waals surface area contributed by atoms with Crippen molar-refractivity contribution in [1.82, 2.24) is 20.4 Å². The maximum absolute atomic E-state index is 4.99. The van der Waals surface area contributed by atoms with Crippen molar-refractivity contribution in [2.75, 3.05) is 52.4 Å². The monoisotopic (exact) mass is 513 g/mol. The van der Waals surface area contributed by atoms with Crippen LogP contribution in [0.5, 0.6) is 0 Å². The molecule has 1 aliphatic carbocycles. The fourth-order valence-electron chi connectivity index (χ4n) is 4.40. The number of guanidine groups is 1. The van der Waals surface area contributed by atoms with E-state index < -0.39 is 0 Å². The second-order valence-electron chi connectivity index (χ2n) is 8.40. The van der Waals surface area contributed by atoms with Crippen LogP contribution in [0, 0.1) is 0 Å². The van der Waals surface area contributed by atoms with Gasteiger partial charge in [-0.2, -0.15) is 0 Å². The van der Waals surface area contributed by atoms with Crippen molar-refractivity contribution in [2.45, 2.75) is 51.5 Å². The zero-order valence-electron chi connectivity index (χ0n) is 18.5. The van der Waals surface area contributed by atoms with Gasteiger partial charge in [0.2, 0.25) is 0 Å². The average Bonchev–Trinajstić information content (AvgIpc) is 2.71. The topological polar surface area (TPSA) is 42.9 Å². The van der Waals surface area contributed by atoms with Gasteiger partial charge in [-0.25, -0.2) is 0 Å². The van der Waals surface area contributed by atoms with E-state index in [0.29, 0.717) is 6.04 Å². The Morgan fingerprint density at radius 2 is 1.76 bits per heavy atom. The molecule has 29 heavy (non-hydrogen) atoms. The van der Waals surface area contributed by atoms with Crippen LogP contribution in [0.25, 0.3) is 0 Å². The smallest absolute Gasteiger partial charge is 0.191 e. The van der Waals surface area contributed by atoms with Gasteiger partial charge >= 0.3 is 0 Å². The Labute approximate surface area is 194 Å². The molecule has 0 aromatic heterocycles. The lowest BCUT2D eigenvalue weighted by Crippen LogP contribution is -2.53. The highest BCUT2D eigenvalue weighted by Crippen LogP contribution is 2.43. The van der Waals surface area contributed by atoms with Gasteiger partial charge in [-0.1, -0.05) is 43.7 Å². The number of halogens is 1. The SMILES string of the molecule is CCNC(=NCC1(c2ccccc2)CCC1)NCC(C)N1CCN(CC)CC1.I. The number of aliphatic imine (C=N–C) groups is 1. The summed E-state index contributed by atoms with van der Waals surface area (Å²) in [5.41, 5.74) is 1.69. The van der Waals surface area contributed by atoms with Crippen LogP contribution in [0.2, 0.25) is 0 Å². The van der Waals surface area contributed by atoms with Crippen LogP contribution in [0.3, 0.4) is 0 Å². The Kier molecular flexibility index (Phi) is 10.2. The van der Waals surface area contributed by atoms with Crippen molar-refractivity contribution >= 4 is 29.9 Å². The largest absolute Gasteiger partial charge is 0.357 e. The van der Waals surface area contributed by atoms with E-state index in [1.807, 2.05) is 0 Å². The van der Waals surface area contributed by atoms with Crippen LogP contribution in [0.1, 0.15) is 45.6 Å². The fourth-order valence-corrected chi connectivity index (χ4v) is 4.40. The molecular weight excluding hydrogens is 473 g/mol. The molecule has 1 unspecified atom stereocenters. The Morgan fingerprint density at radius 3 is 2.31 bits per heavy atom. The number of nitrogens with one attached hydrogen (secondary N) is 2. The van der Waals surface area contributed by atoms with Crippen LogP contribution in [0.4, 0.5) is 0 Å². The summed E-state index contributed by atoms with van der Waals surface area (Å²) in [5.74, 6) is 0.962. The van der Waals surface area contributed by atoms with Gasteiger partial charge in [-0.3, -0.25) is 9.89 Å². The van der Waals surface area contributed by atoms with E-state index in [1.165, 1.54) is 57.5 Å². The molecular formula is C23H40IN5. The predicted molar refractivity (Wildman–Crippen MR) is 135 cm³/mol. The molecule has 1 aromatic rings. The number of benzene rings is 1. The van der Waals surface area contributed by atoms with Gasteiger partial charge in [0.25, 0.3) is 0 Å². The summed E-state index contributed by atoms with van der Waals surface area (Å²) in [7, 11) is 0. The Hall–Kier alpha value is -0.860. The summed E-state index contributed by atoms with van der Waals surface area (Å²) >= 11 is 0. The Bertz CT molecular complexity index is 609. The van der Waals surface area contributed by atoms with Crippen molar-refractivity contribution in [3.05, 3.63) is 35.9 Å². The minimum Gasteiger partial charge on any atom is -0.357 e. The lowest BCUT2D eigenvalue weighted by atomic mass is 9.64. The fraction of sp³-hybridized carbons (Fsp3) is 0.696. The summed E-state index contributed by atoms with van der Waals surface area (Å²) in [6.07, 6.45) is 3.81. The molecule has 5 nitrogen and oxygen atoms in total. The van der Waals surface area contributed by atoms with E-state index >= 15 is 0 Å². The molecule has 0 radical (unpaired) electrons. The van der Waals surface area contributed by atoms with E-state index in [9.17, 15) is 0 Å². The first kappa shape index (κ1) is 24.4. The van der Waals surface area contributed by atoms with Crippen molar-refractivity contribution in [2.24, 2.45) is 4.99 Å². The first-order valence-corrected chi connectivity index (χ1v) is 11.2. The van der Waals surface area contributed by atoms with Gasteiger partial charge in [0, 0.05) is 50.7 Å². The predicted octanol–water partition coefficient (Wildman–Crippen LogP) is 3.31. The number of hydrogen-bond acceptors (Lipinski definition) is 3. The molecule has 0 bridgehead atoms.